The van der Waals surface area contributed by atoms with Crippen molar-refractivity contribution in [2.24, 2.45) is 5.73 Å². The van der Waals surface area contributed by atoms with Crippen LogP contribution in [0.15, 0.2) is 12.1 Å². The molecule has 1 rings (SSSR count). The number of nitrogens with two attached hydrogens (primary N) is 1. The second-order valence-corrected chi connectivity index (χ2v) is 3.92. The molecule has 3 nitrogen and oxygen atoms in total. The Hall–Kier alpha value is -1.60. The van der Waals surface area contributed by atoms with Gasteiger partial charge in [0.2, 0.25) is 0 Å². The van der Waals surface area contributed by atoms with E-state index in [4.69, 9.17) is 23.2 Å². The van der Waals surface area contributed by atoms with Gasteiger partial charge in [0, 0.05) is 5.69 Å². The number of nitrogens with zero attached hydrogens (tertiary/aromatic N) is 1. The normalized spacial score (nSPS) is 9.56. The molecule has 3 N–H and O–H groups in total. The van der Waals surface area contributed by atoms with Crippen LogP contribution in [0.1, 0.15) is 30.5 Å². The van der Waals surface area contributed by atoms with Gasteiger partial charge in [0.1, 0.15) is 0 Å². The first-order valence-electron chi connectivity index (χ1n) is 5.24. The molecular formula is C12H15N3S. The first kappa shape index (κ1) is 12.5. The Labute approximate surface area is 101 Å². The lowest BCUT2D eigenvalue weighted by molar-refractivity contribution is 1.07. The summed E-state index contributed by atoms with van der Waals surface area (Å²) in [7, 11) is 0. The maximum Gasteiger partial charge on any atom is 0.168 e. The Morgan fingerprint density at radius 2 is 1.88 bits per heavy atom. The Kier molecular flexibility index (Phi) is 4.27. The van der Waals surface area contributed by atoms with E-state index in [0.29, 0.717) is 0 Å². The third kappa shape index (κ3) is 2.71. The van der Waals surface area contributed by atoms with Gasteiger partial charge in [-0.05, 0) is 48.3 Å². The van der Waals surface area contributed by atoms with Gasteiger partial charge < -0.3 is 11.1 Å². The van der Waals surface area contributed by atoms with Crippen molar-refractivity contribution < 1.29 is 0 Å². The van der Waals surface area contributed by atoms with Gasteiger partial charge in [-0.2, -0.15) is 5.26 Å². The van der Waals surface area contributed by atoms with Crippen molar-refractivity contribution >= 4 is 23.0 Å². The molecule has 16 heavy (non-hydrogen) atoms. The SMILES string of the molecule is CCc1cc(NC(N)=S)cc(CC)c1C#N. The second-order valence-electron chi connectivity index (χ2n) is 3.48. The highest BCUT2D eigenvalue weighted by Crippen LogP contribution is 2.21. The van der Waals surface area contributed by atoms with Gasteiger partial charge in [0.15, 0.2) is 5.11 Å². The lowest BCUT2D eigenvalue weighted by Gasteiger charge is -2.11. The Balaban J connectivity index is 3.27. The van der Waals surface area contributed by atoms with Gasteiger partial charge in [-0.15, -0.1) is 0 Å². The minimum absolute atomic E-state index is 0.244. The van der Waals surface area contributed by atoms with Crippen molar-refractivity contribution in [1.29, 1.82) is 5.26 Å². The molecule has 0 heterocycles. The van der Waals surface area contributed by atoms with Crippen molar-refractivity contribution in [1.82, 2.24) is 0 Å². The quantitative estimate of drug-likeness (QED) is 0.787. The van der Waals surface area contributed by atoms with Gasteiger partial charge >= 0.3 is 0 Å². The lowest BCUT2D eigenvalue weighted by atomic mass is 9.97. The molecule has 0 aromatic heterocycles. The van der Waals surface area contributed by atoms with E-state index < -0.39 is 0 Å². The number of hydrogen-bond acceptors (Lipinski definition) is 2. The topological polar surface area (TPSA) is 61.8 Å². The van der Waals surface area contributed by atoms with Crippen molar-refractivity contribution in [2.45, 2.75) is 26.7 Å². The van der Waals surface area contributed by atoms with Crippen molar-refractivity contribution in [3.63, 3.8) is 0 Å². The van der Waals surface area contributed by atoms with Gasteiger partial charge in [0.25, 0.3) is 0 Å². The number of nitriles is 1. The molecule has 0 atom stereocenters. The maximum absolute atomic E-state index is 9.11. The predicted octanol–water partition coefficient (Wildman–Crippen LogP) is 2.34. The largest absolute Gasteiger partial charge is 0.376 e. The summed E-state index contributed by atoms with van der Waals surface area (Å²) in [4.78, 5) is 0. The van der Waals surface area contributed by atoms with E-state index in [0.717, 1.165) is 35.2 Å². The van der Waals surface area contributed by atoms with Crippen molar-refractivity contribution in [2.75, 3.05) is 5.32 Å². The predicted molar refractivity (Wildman–Crippen MR) is 70.3 cm³/mol. The van der Waals surface area contributed by atoms with Gasteiger partial charge in [-0.1, -0.05) is 13.8 Å². The second kappa shape index (κ2) is 5.47. The van der Waals surface area contributed by atoms with Crippen molar-refractivity contribution in [3.05, 3.63) is 28.8 Å². The molecule has 0 amide bonds. The molecule has 0 unspecified atom stereocenters. The van der Waals surface area contributed by atoms with Crippen LogP contribution in [-0.2, 0) is 12.8 Å². The minimum atomic E-state index is 0.244. The first-order chi connectivity index (χ1) is 7.62. The number of rotatable bonds is 3. The summed E-state index contributed by atoms with van der Waals surface area (Å²) >= 11 is 4.80. The molecule has 0 bridgehead atoms. The zero-order chi connectivity index (χ0) is 12.1. The summed E-state index contributed by atoms with van der Waals surface area (Å²) in [5.74, 6) is 0. The third-order valence-corrected chi connectivity index (χ3v) is 2.54. The molecule has 0 spiro atoms. The third-order valence-electron chi connectivity index (χ3n) is 2.44. The van der Waals surface area contributed by atoms with Crippen LogP contribution in [0.25, 0.3) is 0 Å². The van der Waals surface area contributed by atoms with Gasteiger partial charge in [0.05, 0.1) is 11.6 Å². The van der Waals surface area contributed by atoms with Crippen LogP contribution >= 0.6 is 12.2 Å². The van der Waals surface area contributed by atoms with E-state index in [1.165, 1.54) is 0 Å². The molecule has 1 aromatic rings. The number of aryl methyl sites for hydroxylation is 2. The van der Waals surface area contributed by atoms with E-state index in [-0.39, 0.29) is 5.11 Å². The number of hydrogen-bond donors (Lipinski definition) is 2. The molecule has 0 aliphatic rings. The molecule has 0 saturated heterocycles. The molecular weight excluding hydrogens is 218 g/mol. The smallest absolute Gasteiger partial charge is 0.168 e. The van der Waals surface area contributed by atoms with E-state index >= 15 is 0 Å². The molecule has 0 aliphatic carbocycles. The molecule has 1 aromatic carbocycles. The van der Waals surface area contributed by atoms with E-state index in [9.17, 15) is 0 Å². The maximum atomic E-state index is 9.11. The Bertz CT molecular complexity index is 421. The molecule has 84 valence electrons. The van der Waals surface area contributed by atoms with Crippen LogP contribution in [0, 0.1) is 11.3 Å². The standard InChI is InChI=1S/C12H15N3S/c1-3-8-5-10(15-12(14)16)6-9(4-2)11(8)7-13/h5-6H,3-4H2,1-2H3,(H3,14,15,16). The summed E-state index contributed by atoms with van der Waals surface area (Å²) in [5, 5.41) is 12.3. The van der Waals surface area contributed by atoms with Crippen molar-refractivity contribution in [3.8, 4) is 6.07 Å². The van der Waals surface area contributed by atoms with E-state index in [1.54, 1.807) is 0 Å². The van der Waals surface area contributed by atoms with Crippen LogP contribution < -0.4 is 11.1 Å². The molecule has 4 heteroatoms. The average molecular weight is 233 g/mol. The van der Waals surface area contributed by atoms with Gasteiger partial charge in [-0.25, -0.2) is 0 Å². The van der Waals surface area contributed by atoms with Crippen LogP contribution in [0.4, 0.5) is 5.69 Å². The molecule has 0 fully saturated rings. The number of benzene rings is 1. The average Bonchev–Trinajstić information content (AvgIpc) is 2.26. The van der Waals surface area contributed by atoms with Crippen LogP contribution in [0.2, 0.25) is 0 Å². The summed E-state index contributed by atoms with van der Waals surface area (Å²) in [6.07, 6.45) is 1.64. The Morgan fingerprint density at radius 3 is 2.19 bits per heavy atom. The fourth-order valence-electron chi connectivity index (χ4n) is 1.68. The van der Waals surface area contributed by atoms with Gasteiger partial charge in [-0.3, -0.25) is 0 Å². The number of nitrogens with one attached hydrogen (secondary N) is 1. The first-order valence-corrected chi connectivity index (χ1v) is 5.65. The fraction of sp³-hybridized carbons (Fsp3) is 0.333. The number of anilines is 1. The van der Waals surface area contributed by atoms with E-state index in [2.05, 4.69) is 11.4 Å². The highest BCUT2D eigenvalue weighted by atomic mass is 32.1. The lowest BCUT2D eigenvalue weighted by Crippen LogP contribution is -2.19. The minimum Gasteiger partial charge on any atom is -0.376 e. The zero-order valence-electron chi connectivity index (χ0n) is 9.50. The fourth-order valence-corrected chi connectivity index (χ4v) is 1.80. The molecule has 0 aliphatic heterocycles. The molecule has 0 saturated carbocycles. The molecule has 0 radical (unpaired) electrons. The monoisotopic (exact) mass is 233 g/mol. The summed E-state index contributed by atoms with van der Waals surface area (Å²) in [5.41, 5.74) is 9.13. The highest BCUT2D eigenvalue weighted by Gasteiger charge is 2.08. The van der Waals surface area contributed by atoms with Crippen LogP contribution in [-0.4, -0.2) is 5.11 Å². The Morgan fingerprint density at radius 1 is 1.38 bits per heavy atom. The van der Waals surface area contributed by atoms with Crippen LogP contribution in [0.3, 0.4) is 0 Å². The highest BCUT2D eigenvalue weighted by molar-refractivity contribution is 7.80. The summed E-state index contributed by atoms with van der Waals surface area (Å²) < 4.78 is 0. The zero-order valence-corrected chi connectivity index (χ0v) is 10.3. The number of thiocarbonyl (C=S) groups is 1. The summed E-state index contributed by atoms with van der Waals surface area (Å²) in [6, 6.07) is 6.11. The van der Waals surface area contributed by atoms with Crippen LogP contribution in [0.5, 0.6) is 0 Å². The van der Waals surface area contributed by atoms with E-state index in [1.807, 2.05) is 26.0 Å². The summed E-state index contributed by atoms with van der Waals surface area (Å²) in [6.45, 7) is 4.06.